The summed E-state index contributed by atoms with van der Waals surface area (Å²) in [4.78, 5) is 1.09. The second-order valence-electron chi connectivity index (χ2n) is 3.88. The first-order valence-electron chi connectivity index (χ1n) is 5.45. The van der Waals surface area contributed by atoms with Gasteiger partial charge in [0.25, 0.3) is 0 Å². The highest BCUT2D eigenvalue weighted by molar-refractivity contribution is 7.10. The van der Waals surface area contributed by atoms with Crippen LogP contribution in [0.15, 0.2) is 41.8 Å². The Morgan fingerprint density at radius 1 is 1.00 bits per heavy atom. The SMILES string of the molecule is COC(C)(OC)c1sccc1-c1ccccc1. The zero-order valence-electron chi connectivity index (χ0n) is 10.3. The molecule has 2 aromatic rings. The first kappa shape index (κ1) is 12.3. The van der Waals surface area contributed by atoms with Crippen molar-refractivity contribution in [2.24, 2.45) is 0 Å². The first-order chi connectivity index (χ1) is 8.21. The molecule has 0 spiro atoms. The van der Waals surface area contributed by atoms with E-state index in [0.717, 1.165) is 4.88 Å². The lowest BCUT2D eigenvalue weighted by Crippen LogP contribution is -2.25. The second-order valence-corrected chi connectivity index (χ2v) is 4.80. The molecule has 0 fully saturated rings. The van der Waals surface area contributed by atoms with Gasteiger partial charge in [0.15, 0.2) is 0 Å². The van der Waals surface area contributed by atoms with Gasteiger partial charge in [-0.2, -0.15) is 0 Å². The third kappa shape index (κ3) is 2.27. The Hall–Kier alpha value is -1.16. The van der Waals surface area contributed by atoms with Crippen LogP contribution in [0.5, 0.6) is 0 Å². The summed E-state index contributed by atoms with van der Waals surface area (Å²) in [5.41, 5.74) is 2.35. The van der Waals surface area contributed by atoms with Crippen LogP contribution in [0.3, 0.4) is 0 Å². The van der Waals surface area contributed by atoms with E-state index >= 15 is 0 Å². The number of methoxy groups -OCH3 is 2. The Bertz CT molecular complexity index is 472. The van der Waals surface area contributed by atoms with Gasteiger partial charge in [-0.25, -0.2) is 0 Å². The third-order valence-corrected chi connectivity index (χ3v) is 4.04. The molecule has 3 heteroatoms. The minimum atomic E-state index is -0.681. The fourth-order valence-corrected chi connectivity index (χ4v) is 2.81. The van der Waals surface area contributed by atoms with E-state index in [4.69, 9.17) is 9.47 Å². The maximum Gasteiger partial charge on any atom is 0.201 e. The predicted molar refractivity (Wildman–Crippen MR) is 71.1 cm³/mol. The highest BCUT2D eigenvalue weighted by atomic mass is 32.1. The van der Waals surface area contributed by atoms with Gasteiger partial charge < -0.3 is 9.47 Å². The second kappa shape index (κ2) is 5.00. The average Bonchev–Trinajstić information content (AvgIpc) is 2.88. The molecule has 1 heterocycles. The Morgan fingerprint density at radius 3 is 2.24 bits per heavy atom. The lowest BCUT2D eigenvalue weighted by molar-refractivity contribution is -0.199. The van der Waals surface area contributed by atoms with Crippen LogP contribution in [0.2, 0.25) is 0 Å². The van der Waals surface area contributed by atoms with Gasteiger partial charge in [0.1, 0.15) is 0 Å². The lowest BCUT2D eigenvalue weighted by Gasteiger charge is -2.26. The third-order valence-electron chi connectivity index (χ3n) is 2.94. The number of hydrogen-bond donors (Lipinski definition) is 0. The normalized spacial score (nSPS) is 11.7. The van der Waals surface area contributed by atoms with Crippen molar-refractivity contribution >= 4 is 11.3 Å². The number of rotatable bonds is 4. The van der Waals surface area contributed by atoms with E-state index in [1.807, 2.05) is 25.1 Å². The van der Waals surface area contributed by atoms with E-state index in [9.17, 15) is 0 Å². The van der Waals surface area contributed by atoms with Crippen molar-refractivity contribution in [1.82, 2.24) is 0 Å². The molecule has 0 saturated heterocycles. The first-order valence-corrected chi connectivity index (χ1v) is 6.33. The Morgan fingerprint density at radius 2 is 1.65 bits per heavy atom. The zero-order chi connectivity index (χ0) is 12.3. The van der Waals surface area contributed by atoms with Gasteiger partial charge in [-0.1, -0.05) is 30.3 Å². The summed E-state index contributed by atoms with van der Waals surface area (Å²) in [6, 6.07) is 12.4. The zero-order valence-corrected chi connectivity index (χ0v) is 11.1. The molecule has 0 amide bonds. The average molecular weight is 248 g/mol. The molecule has 0 N–H and O–H groups in total. The topological polar surface area (TPSA) is 18.5 Å². The molecule has 90 valence electrons. The molecule has 0 aliphatic heterocycles. The minimum Gasteiger partial charge on any atom is -0.349 e. The van der Waals surface area contributed by atoms with E-state index in [2.05, 4.69) is 23.6 Å². The van der Waals surface area contributed by atoms with Crippen LogP contribution in [0.25, 0.3) is 11.1 Å². The summed E-state index contributed by atoms with van der Waals surface area (Å²) in [6.45, 7) is 1.94. The monoisotopic (exact) mass is 248 g/mol. The number of benzene rings is 1. The molecule has 0 saturated carbocycles. The summed E-state index contributed by atoms with van der Waals surface area (Å²) in [5, 5.41) is 2.06. The molecular formula is C14H16O2S. The Kier molecular flexibility index (Phi) is 3.62. The number of ether oxygens (including phenoxy) is 2. The Labute approximate surface area is 106 Å². The highest BCUT2D eigenvalue weighted by Gasteiger charge is 2.30. The number of thiophene rings is 1. The smallest absolute Gasteiger partial charge is 0.201 e. The summed E-state index contributed by atoms with van der Waals surface area (Å²) in [7, 11) is 3.33. The molecule has 0 bridgehead atoms. The van der Waals surface area contributed by atoms with Crippen molar-refractivity contribution < 1.29 is 9.47 Å². The van der Waals surface area contributed by atoms with Gasteiger partial charge in [0.05, 0.1) is 4.88 Å². The van der Waals surface area contributed by atoms with E-state index in [0.29, 0.717) is 0 Å². The molecule has 2 rings (SSSR count). The van der Waals surface area contributed by atoms with Gasteiger partial charge in [0.2, 0.25) is 5.79 Å². The van der Waals surface area contributed by atoms with Crippen LogP contribution in [0.1, 0.15) is 11.8 Å². The summed E-state index contributed by atoms with van der Waals surface area (Å²) < 4.78 is 11.0. The molecular weight excluding hydrogens is 232 g/mol. The van der Waals surface area contributed by atoms with Crippen molar-refractivity contribution in [1.29, 1.82) is 0 Å². The van der Waals surface area contributed by atoms with Crippen LogP contribution in [0.4, 0.5) is 0 Å². The van der Waals surface area contributed by atoms with Gasteiger partial charge >= 0.3 is 0 Å². The molecule has 0 radical (unpaired) electrons. The van der Waals surface area contributed by atoms with Crippen LogP contribution < -0.4 is 0 Å². The summed E-state index contributed by atoms with van der Waals surface area (Å²) >= 11 is 1.65. The Balaban J connectivity index is 2.49. The molecule has 2 nitrogen and oxygen atoms in total. The summed E-state index contributed by atoms with van der Waals surface area (Å²) in [5.74, 6) is -0.681. The summed E-state index contributed by atoms with van der Waals surface area (Å²) in [6.07, 6.45) is 0. The van der Waals surface area contributed by atoms with Gasteiger partial charge in [0, 0.05) is 19.8 Å². The van der Waals surface area contributed by atoms with Crippen molar-refractivity contribution in [3.8, 4) is 11.1 Å². The van der Waals surface area contributed by atoms with Gasteiger partial charge in [-0.15, -0.1) is 11.3 Å². The van der Waals surface area contributed by atoms with Crippen LogP contribution in [-0.4, -0.2) is 14.2 Å². The maximum absolute atomic E-state index is 5.48. The maximum atomic E-state index is 5.48. The molecule has 0 atom stereocenters. The van der Waals surface area contributed by atoms with Crippen molar-refractivity contribution in [3.05, 3.63) is 46.7 Å². The number of hydrogen-bond acceptors (Lipinski definition) is 3. The molecule has 0 aliphatic carbocycles. The van der Waals surface area contributed by atoms with Crippen LogP contribution in [0, 0.1) is 0 Å². The molecule has 1 aromatic heterocycles. The van der Waals surface area contributed by atoms with Crippen LogP contribution in [-0.2, 0) is 15.3 Å². The fourth-order valence-electron chi connectivity index (χ4n) is 1.77. The van der Waals surface area contributed by atoms with E-state index < -0.39 is 5.79 Å². The standard InChI is InChI=1S/C14H16O2S/c1-14(15-2,16-3)13-12(9-10-17-13)11-7-5-4-6-8-11/h4-10H,1-3H3. The van der Waals surface area contributed by atoms with Crippen molar-refractivity contribution in [2.45, 2.75) is 12.7 Å². The van der Waals surface area contributed by atoms with E-state index in [1.54, 1.807) is 25.6 Å². The van der Waals surface area contributed by atoms with Gasteiger partial charge in [-0.05, 0) is 23.9 Å². The van der Waals surface area contributed by atoms with Crippen molar-refractivity contribution in [3.63, 3.8) is 0 Å². The molecule has 17 heavy (non-hydrogen) atoms. The largest absolute Gasteiger partial charge is 0.349 e. The fraction of sp³-hybridized carbons (Fsp3) is 0.286. The molecule has 0 aliphatic rings. The van der Waals surface area contributed by atoms with Crippen molar-refractivity contribution in [2.75, 3.05) is 14.2 Å². The molecule has 0 unspecified atom stereocenters. The lowest BCUT2D eigenvalue weighted by atomic mass is 10.0. The highest BCUT2D eigenvalue weighted by Crippen LogP contribution is 2.38. The predicted octanol–water partition coefficient (Wildman–Crippen LogP) is 3.88. The van der Waals surface area contributed by atoms with Crippen LogP contribution >= 0.6 is 11.3 Å². The van der Waals surface area contributed by atoms with E-state index in [-0.39, 0.29) is 0 Å². The van der Waals surface area contributed by atoms with E-state index in [1.165, 1.54) is 11.1 Å². The quantitative estimate of drug-likeness (QED) is 0.764. The van der Waals surface area contributed by atoms with Gasteiger partial charge in [-0.3, -0.25) is 0 Å². The minimum absolute atomic E-state index is 0.681. The molecule has 1 aromatic carbocycles.